The summed E-state index contributed by atoms with van der Waals surface area (Å²) in [5.41, 5.74) is -1.36. The summed E-state index contributed by atoms with van der Waals surface area (Å²) in [6.07, 6.45) is 0.799. The molecule has 0 saturated heterocycles. The minimum Gasteiger partial charge on any atom is -0.481 e. The molecule has 6 heteroatoms. The fraction of sp³-hybridized carbons (Fsp3) is 0.917. The summed E-state index contributed by atoms with van der Waals surface area (Å²) in [7, 11) is -3.44. The maximum atomic E-state index is 11.8. The van der Waals surface area contributed by atoms with Crippen LogP contribution in [0.25, 0.3) is 0 Å². The fourth-order valence-electron chi connectivity index (χ4n) is 1.75. The normalized spacial score (nSPS) is 13.6. The van der Waals surface area contributed by atoms with Gasteiger partial charge in [0, 0.05) is 6.54 Å². The predicted octanol–water partition coefficient (Wildman–Crippen LogP) is 1.84. The monoisotopic (exact) mass is 279 g/mol. The Bertz CT molecular complexity index is 377. The van der Waals surface area contributed by atoms with Gasteiger partial charge in [0.05, 0.1) is 11.2 Å². The van der Waals surface area contributed by atoms with Crippen molar-refractivity contribution in [2.75, 3.05) is 12.3 Å². The van der Waals surface area contributed by atoms with E-state index in [0.29, 0.717) is 12.8 Å². The maximum Gasteiger partial charge on any atom is 0.310 e. The largest absolute Gasteiger partial charge is 0.481 e. The molecule has 0 spiro atoms. The molecule has 108 valence electrons. The lowest BCUT2D eigenvalue weighted by molar-refractivity contribution is -0.149. The second kappa shape index (κ2) is 6.02. The van der Waals surface area contributed by atoms with Gasteiger partial charge >= 0.3 is 5.97 Å². The molecule has 0 radical (unpaired) electrons. The van der Waals surface area contributed by atoms with Crippen molar-refractivity contribution in [1.82, 2.24) is 4.72 Å². The number of carboxylic acid groups (broad SMARTS) is 1. The molecular weight excluding hydrogens is 254 g/mol. The van der Waals surface area contributed by atoms with Crippen molar-refractivity contribution in [1.29, 1.82) is 0 Å². The molecule has 0 aromatic heterocycles. The van der Waals surface area contributed by atoms with Gasteiger partial charge in [0.1, 0.15) is 0 Å². The van der Waals surface area contributed by atoms with E-state index in [9.17, 15) is 18.3 Å². The first-order valence-corrected chi connectivity index (χ1v) is 7.84. The Balaban J connectivity index is 4.78. The van der Waals surface area contributed by atoms with Gasteiger partial charge < -0.3 is 5.11 Å². The molecule has 0 rings (SSSR count). The number of rotatable bonds is 7. The molecule has 0 aliphatic rings. The quantitative estimate of drug-likeness (QED) is 0.745. The predicted molar refractivity (Wildman–Crippen MR) is 71.9 cm³/mol. The first-order valence-electron chi connectivity index (χ1n) is 6.19. The molecule has 0 heterocycles. The zero-order valence-electron chi connectivity index (χ0n) is 11.9. The SMILES string of the molecule is CCC(CC)(CNS(=O)(=O)CC(C)(C)C)C(=O)O. The van der Waals surface area contributed by atoms with Crippen LogP contribution in [0.5, 0.6) is 0 Å². The number of hydrogen-bond donors (Lipinski definition) is 2. The van der Waals surface area contributed by atoms with Crippen molar-refractivity contribution in [3.05, 3.63) is 0 Å². The van der Waals surface area contributed by atoms with Gasteiger partial charge in [0.15, 0.2) is 0 Å². The van der Waals surface area contributed by atoms with Gasteiger partial charge in [-0.15, -0.1) is 0 Å². The van der Waals surface area contributed by atoms with Crippen molar-refractivity contribution in [2.45, 2.75) is 47.5 Å². The van der Waals surface area contributed by atoms with Gasteiger partial charge in [-0.3, -0.25) is 4.79 Å². The van der Waals surface area contributed by atoms with Crippen LogP contribution in [0.1, 0.15) is 47.5 Å². The molecule has 0 atom stereocenters. The average Bonchev–Trinajstić information content (AvgIpc) is 2.15. The second-order valence-corrected chi connectivity index (χ2v) is 7.74. The van der Waals surface area contributed by atoms with Crippen molar-refractivity contribution < 1.29 is 18.3 Å². The lowest BCUT2D eigenvalue weighted by Gasteiger charge is -2.27. The van der Waals surface area contributed by atoms with E-state index in [1.807, 2.05) is 20.8 Å². The number of aliphatic carboxylic acids is 1. The van der Waals surface area contributed by atoms with Crippen molar-refractivity contribution in [2.24, 2.45) is 10.8 Å². The van der Waals surface area contributed by atoms with Crippen molar-refractivity contribution >= 4 is 16.0 Å². The first-order chi connectivity index (χ1) is 7.98. The van der Waals surface area contributed by atoms with Gasteiger partial charge in [-0.1, -0.05) is 34.6 Å². The number of sulfonamides is 1. The van der Waals surface area contributed by atoms with Gasteiger partial charge in [-0.25, -0.2) is 13.1 Å². The highest BCUT2D eigenvalue weighted by Gasteiger charge is 2.36. The third-order valence-corrected chi connectivity index (χ3v) is 4.89. The summed E-state index contributed by atoms with van der Waals surface area (Å²) in [6.45, 7) is 8.96. The van der Waals surface area contributed by atoms with Crippen LogP contribution in [0.3, 0.4) is 0 Å². The summed E-state index contributed by atoms with van der Waals surface area (Å²) in [4.78, 5) is 11.3. The number of carboxylic acids is 1. The molecule has 0 saturated carbocycles. The molecule has 0 fully saturated rings. The first kappa shape index (κ1) is 17.4. The second-order valence-electron chi connectivity index (χ2n) is 5.93. The highest BCUT2D eigenvalue weighted by atomic mass is 32.2. The van der Waals surface area contributed by atoms with E-state index in [0.717, 1.165) is 0 Å². The fourth-order valence-corrected chi connectivity index (χ4v) is 3.49. The Kier molecular flexibility index (Phi) is 5.81. The molecule has 0 amide bonds. The van der Waals surface area contributed by atoms with Crippen LogP contribution >= 0.6 is 0 Å². The van der Waals surface area contributed by atoms with Gasteiger partial charge in [-0.2, -0.15) is 0 Å². The molecule has 0 aromatic carbocycles. The Morgan fingerprint density at radius 1 is 1.17 bits per heavy atom. The van der Waals surface area contributed by atoms with Crippen LogP contribution in [0.15, 0.2) is 0 Å². The van der Waals surface area contributed by atoms with Gasteiger partial charge in [0.25, 0.3) is 0 Å². The topological polar surface area (TPSA) is 83.5 Å². The molecule has 0 aliphatic carbocycles. The van der Waals surface area contributed by atoms with E-state index in [1.165, 1.54) is 0 Å². The van der Waals surface area contributed by atoms with Crippen molar-refractivity contribution in [3.63, 3.8) is 0 Å². The number of carbonyl (C=O) groups is 1. The Labute approximate surface area is 110 Å². The van der Waals surface area contributed by atoms with Crippen LogP contribution in [0.4, 0.5) is 0 Å². The summed E-state index contributed by atoms with van der Waals surface area (Å²) in [5.74, 6) is -0.964. The minimum absolute atomic E-state index is 0.0108. The molecule has 0 bridgehead atoms. The van der Waals surface area contributed by atoms with Crippen LogP contribution in [-0.4, -0.2) is 31.8 Å². The molecule has 18 heavy (non-hydrogen) atoms. The lowest BCUT2D eigenvalue weighted by Crippen LogP contribution is -2.44. The summed E-state index contributed by atoms with van der Waals surface area (Å²) in [6, 6.07) is 0. The average molecular weight is 279 g/mol. The van der Waals surface area contributed by atoms with Crippen LogP contribution < -0.4 is 4.72 Å². The van der Waals surface area contributed by atoms with Crippen LogP contribution in [0.2, 0.25) is 0 Å². The summed E-state index contributed by atoms with van der Waals surface area (Å²) >= 11 is 0. The summed E-state index contributed by atoms with van der Waals surface area (Å²) in [5, 5.41) is 9.22. The van der Waals surface area contributed by atoms with E-state index in [4.69, 9.17) is 0 Å². The molecule has 5 nitrogen and oxygen atoms in total. The van der Waals surface area contributed by atoms with Gasteiger partial charge in [0.2, 0.25) is 10.0 Å². The number of nitrogens with one attached hydrogen (secondary N) is 1. The molecule has 2 N–H and O–H groups in total. The van der Waals surface area contributed by atoms with Crippen molar-refractivity contribution in [3.8, 4) is 0 Å². The van der Waals surface area contributed by atoms with E-state index in [-0.39, 0.29) is 17.7 Å². The molecule has 0 aliphatic heterocycles. The smallest absolute Gasteiger partial charge is 0.310 e. The van der Waals surface area contributed by atoms with E-state index >= 15 is 0 Å². The highest BCUT2D eigenvalue weighted by molar-refractivity contribution is 7.89. The Hall–Kier alpha value is -0.620. The lowest BCUT2D eigenvalue weighted by atomic mass is 9.83. The molecule has 0 aromatic rings. The third kappa shape index (κ3) is 5.35. The number of hydrogen-bond acceptors (Lipinski definition) is 3. The van der Waals surface area contributed by atoms with Crippen LogP contribution in [-0.2, 0) is 14.8 Å². The molecular formula is C12H25NO4S. The highest BCUT2D eigenvalue weighted by Crippen LogP contribution is 2.26. The zero-order valence-corrected chi connectivity index (χ0v) is 12.7. The minimum atomic E-state index is -3.44. The van der Waals surface area contributed by atoms with E-state index in [2.05, 4.69) is 4.72 Å². The standard InChI is InChI=1S/C12H25NO4S/c1-6-12(7-2,10(14)15)8-13-18(16,17)9-11(3,4)5/h13H,6-9H2,1-5H3,(H,14,15). The Morgan fingerprint density at radius 2 is 1.61 bits per heavy atom. The maximum absolute atomic E-state index is 11.8. The van der Waals surface area contributed by atoms with Crippen LogP contribution in [0, 0.1) is 10.8 Å². The van der Waals surface area contributed by atoms with E-state index < -0.39 is 21.4 Å². The van der Waals surface area contributed by atoms with E-state index in [1.54, 1.807) is 13.8 Å². The third-order valence-electron chi connectivity index (χ3n) is 3.06. The Morgan fingerprint density at radius 3 is 1.89 bits per heavy atom. The summed E-state index contributed by atoms with van der Waals surface area (Å²) < 4.78 is 26.1. The molecule has 0 unspecified atom stereocenters. The zero-order chi connectivity index (χ0) is 14.6. The van der Waals surface area contributed by atoms with Gasteiger partial charge in [-0.05, 0) is 18.3 Å².